The highest BCUT2D eigenvalue weighted by molar-refractivity contribution is 5.92. The first-order chi connectivity index (χ1) is 13.3. The van der Waals surface area contributed by atoms with Crippen molar-refractivity contribution >= 4 is 22.8 Å². The average molecular weight is 383 g/mol. The van der Waals surface area contributed by atoms with Crippen molar-refractivity contribution in [3.05, 3.63) is 34.6 Å². The number of benzene rings is 1. The lowest BCUT2D eigenvalue weighted by molar-refractivity contribution is -0.132. The number of nitrogens with one attached hydrogen (secondary N) is 1. The molecule has 2 amide bonds. The predicted octanol–water partition coefficient (Wildman–Crippen LogP) is 3.81. The van der Waals surface area contributed by atoms with Crippen molar-refractivity contribution in [3.8, 4) is 0 Å². The molecule has 28 heavy (non-hydrogen) atoms. The predicted molar refractivity (Wildman–Crippen MR) is 109 cm³/mol. The molecule has 1 aromatic heterocycles. The zero-order valence-corrected chi connectivity index (χ0v) is 17.4. The van der Waals surface area contributed by atoms with Gasteiger partial charge in [-0.25, -0.2) is 0 Å². The van der Waals surface area contributed by atoms with Crippen LogP contribution in [0.3, 0.4) is 0 Å². The molecular formula is C23H30N2O3. The Balaban J connectivity index is 1.39. The summed E-state index contributed by atoms with van der Waals surface area (Å²) < 4.78 is 5.80. The van der Waals surface area contributed by atoms with Crippen LogP contribution in [0.2, 0.25) is 0 Å². The monoisotopic (exact) mass is 382 g/mol. The van der Waals surface area contributed by atoms with Crippen LogP contribution in [0.25, 0.3) is 11.0 Å². The van der Waals surface area contributed by atoms with Crippen molar-refractivity contribution in [2.75, 3.05) is 13.1 Å². The average Bonchev–Trinajstić information content (AvgIpc) is 3.12. The Bertz CT molecular complexity index is 935. The molecule has 2 heterocycles. The molecule has 4 rings (SSSR count). The number of carbonyl (C=O) groups is 2. The number of rotatable bonds is 4. The molecule has 1 atom stereocenters. The largest absolute Gasteiger partial charge is 0.464 e. The molecule has 5 heteroatoms. The molecular weight excluding hydrogens is 352 g/mol. The normalized spacial score (nSPS) is 20.6. The Labute approximate surface area is 166 Å². The fraction of sp³-hybridized carbons (Fsp3) is 0.565. The van der Waals surface area contributed by atoms with E-state index >= 15 is 0 Å². The number of piperidine rings is 1. The van der Waals surface area contributed by atoms with Crippen LogP contribution in [0.4, 0.5) is 0 Å². The van der Waals surface area contributed by atoms with Gasteiger partial charge in [0.25, 0.3) is 0 Å². The highest BCUT2D eigenvalue weighted by Gasteiger charge is 2.55. The molecule has 1 N–H and O–H groups in total. The Kier molecular flexibility index (Phi) is 4.72. The summed E-state index contributed by atoms with van der Waals surface area (Å²) in [6.07, 6.45) is 5.69. The summed E-state index contributed by atoms with van der Waals surface area (Å²) in [4.78, 5) is 26.5. The fourth-order valence-corrected chi connectivity index (χ4v) is 4.86. The third kappa shape index (κ3) is 3.21. The van der Waals surface area contributed by atoms with Gasteiger partial charge < -0.3 is 14.6 Å². The van der Waals surface area contributed by atoms with Gasteiger partial charge in [0.05, 0.1) is 12.7 Å². The van der Waals surface area contributed by atoms with Gasteiger partial charge in [0, 0.05) is 36.5 Å². The van der Waals surface area contributed by atoms with Crippen LogP contribution in [-0.2, 0) is 16.0 Å². The second kappa shape index (κ2) is 6.94. The summed E-state index contributed by atoms with van der Waals surface area (Å²) in [6, 6.07) is 2.41. The zero-order chi connectivity index (χ0) is 20.1. The van der Waals surface area contributed by atoms with Crippen molar-refractivity contribution in [1.29, 1.82) is 0 Å². The lowest BCUT2D eigenvalue weighted by atomic mass is 9.92. The molecule has 150 valence electrons. The van der Waals surface area contributed by atoms with E-state index in [2.05, 4.69) is 32.2 Å². The number of likely N-dealkylation sites (tertiary alicyclic amines) is 1. The number of furan rings is 1. The Morgan fingerprint density at radius 2 is 1.93 bits per heavy atom. The van der Waals surface area contributed by atoms with Gasteiger partial charge in [-0.15, -0.1) is 0 Å². The number of nitrogens with zero attached hydrogens (tertiary/aromatic N) is 1. The third-order valence-corrected chi connectivity index (χ3v) is 6.92. The van der Waals surface area contributed by atoms with Crippen LogP contribution in [-0.4, -0.2) is 35.8 Å². The van der Waals surface area contributed by atoms with Gasteiger partial charge in [-0.3, -0.25) is 9.59 Å². The van der Waals surface area contributed by atoms with E-state index in [1.807, 2.05) is 11.8 Å². The van der Waals surface area contributed by atoms with Gasteiger partial charge in [-0.05, 0) is 62.1 Å². The van der Waals surface area contributed by atoms with E-state index in [-0.39, 0.29) is 23.3 Å². The molecule has 1 saturated heterocycles. The van der Waals surface area contributed by atoms with E-state index in [1.54, 1.807) is 6.26 Å². The molecule has 1 aliphatic heterocycles. The van der Waals surface area contributed by atoms with E-state index in [9.17, 15) is 9.59 Å². The van der Waals surface area contributed by atoms with E-state index in [0.717, 1.165) is 60.0 Å². The van der Waals surface area contributed by atoms with Crippen LogP contribution in [0.1, 0.15) is 54.9 Å². The first kappa shape index (κ1) is 19.0. The quantitative estimate of drug-likeness (QED) is 0.875. The molecule has 1 spiro atoms. The molecule has 2 aliphatic rings. The second-order valence-corrected chi connectivity index (χ2v) is 8.70. The molecule has 1 saturated carbocycles. The van der Waals surface area contributed by atoms with E-state index < -0.39 is 0 Å². The maximum Gasteiger partial charge on any atom is 0.224 e. The molecule has 1 aromatic carbocycles. The van der Waals surface area contributed by atoms with Crippen LogP contribution < -0.4 is 5.32 Å². The van der Waals surface area contributed by atoms with Crippen LogP contribution in [0.5, 0.6) is 0 Å². The van der Waals surface area contributed by atoms with Crippen molar-refractivity contribution in [2.45, 2.75) is 65.8 Å². The number of aryl methyl sites for hydroxylation is 3. The van der Waals surface area contributed by atoms with E-state index in [1.165, 1.54) is 5.56 Å². The number of hydrogen-bond acceptors (Lipinski definition) is 3. The van der Waals surface area contributed by atoms with Gasteiger partial charge in [0.15, 0.2) is 0 Å². The Hall–Kier alpha value is -2.30. The summed E-state index contributed by atoms with van der Waals surface area (Å²) in [5.74, 6) is 0.304. The Morgan fingerprint density at radius 1 is 1.21 bits per heavy atom. The minimum Gasteiger partial charge on any atom is -0.464 e. The lowest BCUT2D eigenvalue weighted by Gasteiger charge is -2.32. The molecule has 2 fully saturated rings. The molecule has 1 unspecified atom stereocenters. The van der Waals surface area contributed by atoms with Gasteiger partial charge in [-0.1, -0.05) is 13.0 Å². The number of carbonyl (C=O) groups excluding carboxylic acids is 2. The van der Waals surface area contributed by atoms with Gasteiger partial charge in [0.2, 0.25) is 11.8 Å². The minimum atomic E-state index is 0.0641. The molecule has 5 nitrogen and oxygen atoms in total. The summed E-state index contributed by atoms with van der Waals surface area (Å²) in [5.41, 5.74) is 5.58. The van der Waals surface area contributed by atoms with Crippen LogP contribution in [0.15, 0.2) is 16.7 Å². The smallest absolute Gasteiger partial charge is 0.224 e. The topological polar surface area (TPSA) is 62.6 Å². The van der Waals surface area contributed by atoms with Crippen molar-refractivity contribution in [2.24, 2.45) is 5.41 Å². The third-order valence-electron chi connectivity index (χ3n) is 6.92. The second-order valence-electron chi connectivity index (χ2n) is 8.70. The van der Waals surface area contributed by atoms with E-state index in [0.29, 0.717) is 12.8 Å². The standard InChI is InChI=1S/C23H30N2O3/c1-5-20(27)25-8-6-23(7-9-25)12-18(23)24-19(26)11-17-13-28-22-16(4)14(2)10-15(3)21(17)22/h10,13,18H,5-9,11-12H2,1-4H3,(H,24,26). The minimum absolute atomic E-state index is 0.0641. The molecule has 1 aliphatic carbocycles. The Morgan fingerprint density at radius 3 is 2.61 bits per heavy atom. The van der Waals surface area contributed by atoms with E-state index in [4.69, 9.17) is 4.42 Å². The number of hydrogen-bond donors (Lipinski definition) is 1. The maximum atomic E-state index is 12.7. The molecule has 2 aromatic rings. The summed E-state index contributed by atoms with van der Waals surface area (Å²) >= 11 is 0. The summed E-state index contributed by atoms with van der Waals surface area (Å²) in [5, 5.41) is 4.32. The molecule has 0 bridgehead atoms. The lowest BCUT2D eigenvalue weighted by Crippen LogP contribution is -2.41. The van der Waals surface area contributed by atoms with Gasteiger partial charge >= 0.3 is 0 Å². The van der Waals surface area contributed by atoms with Crippen molar-refractivity contribution < 1.29 is 14.0 Å². The summed E-state index contributed by atoms with van der Waals surface area (Å²) in [6.45, 7) is 9.78. The van der Waals surface area contributed by atoms with Crippen LogP contribution in [0, 0.1) is 26.2 Å². The number of fused-ring (bicyclic) bond motifs is 1. The number of amides is 2. The zero-order valence-electron chi connectivity index (χ0n) is 17.4. The van der Waals surface area contributed by atoms with Crippen molar-refractivity contribution in [1.82, 2.24) is 10.2 Å². The van der Waals surface area contributed by atoms with Crippen molar-refractivity contribution in [3.63, 3.8) is 0 Å². The highest BCUT2D eigenvalue weighted by Crippen LogP contribution is 2.54. The summed E-state index contributed by atoms with van der Waals surface area (Å²) in [7, 11) is 0. The SMILES string of the molecule is CCC(=O)N1CCC2(CC1)CC2NC(=O)Cc1coc2c(C)c(C)cc(C)c12. The van der Waals surface area contributed by atoms with Gasteiger partial charge in [-0.2, -0.15) is 0 Å². The first-order valence-electron chi connectivity index (χ1n) is 10.4. The van der Waals surface area contributed by atoms with Crippen LogP contribution >= 0.6 is 0 Å². The maximum absolute atomic E-state index is 12.7. The first-order valence-corrected chi connectivity index (χ1v) is 10.4. The molecule has 0 radical (unpaired) electrons. The highest BCUT2D eigenvalue weighted by atomic mass is 16.3. The van der Waals surface area contributed by atoms with Gasteiger partial charge in [0.1, 0.15) is 5.58 Å². The fourth-order valence-electron chi connectivity index (χ4n) is 4.86.